The Morgan fingerprint density at radius 1 is 1.40 bits per heavy atom. The number of amides is 1. The van der Waals surface area contributed by atoms with Gasteiger partial charge in [-0.05, 0) is 43.5 Å². The molecule has 7 heteroatoms. The zero-order valence-electron chi connectivity index (χ0n) is 14.1. The van der Waals surface area contributed by atoms with Crippen LogP contribution in [-0.2, 0) is 11.2 Å². The summed E-state index contributed by atoms with van der Waals surface area (Å²) in [5.41, 5.74) is 2.87. The number of pyridine rings is 1. The summed E-state index contributed by atoms with van der Waals surface area (Å²) >= 11 is 0. The highest BCUT2D eigenvalue weighted by Gasteiger charge is 2.28. The van der Waals surface area contributed by atoms with Crippen molar-refractivity contribution in [3.63, 3.8) is 0 Å². The van der Waals surface area contributed by atoms with Crippen molar-refractivity contribution in [3.8, 4) is 5.75 Å². The molecule has 0 aliphatic carbocycles. The Morgan fingerprint density at radius 2 is 2.24 bits per heavy atom. The van der Waals surface area contributed by atoms with Crippen LogP contribution in [0.5, 0.6) is 5.75 Å². The number of hydrogen-bond donors (Lipinski definition) is 3. The Kier molecular flexibility index (Phi) is 5.01. The SMILES string of the molecule is Cc1cc2c(c3ccc(=O)[nH]c13)OC(CNC(=O)[C@@H]1CCCN1)C2.Cl. The summed E-state index contributed by atoms with van der Waals surface area (Å²) in [6, 6.07) is 5.32. The number of ether oxygens (including phenoxy) is 1. The van der Waals surface area contributed by atoms with Crippen molar-refractivity contribution in [2.24, 2.45) is 0 Å². The zero-order valence-corrected chi connectivity index (χ0v) is 14.9. The van der Waals surface area contributed by atoms with Gasteiger partial charge >= 0.3 is 0 Å². The molecule has 1 saturated heterocycles. The van der Waals surface area contributed by atoms with Crippen LogP contribution >= 0.6 is 12.4 Å². The van der Waals surface area contributed by atoms with Crippen LogP contribution in [0.4, 0.5) is 0 Å². The van der Waals surface area contributed by atoms with E-state index in [1.54, 1.807) is 0 Å². The Labute approximate surface area is 151 Å². The van der Waals surface area contributed by atoms with Gasteiger partial charge in [0.05, 0.1) is 18.1 Å². The number of nitrogens with one attached hydrogen (secondary N) is 3. The average molecular weight is 364 g/mol. The number of aryl methyl sites for hydroxylation is 1. The van der Waals surface area contributed by atoms with Gasteiger partial charge in [0.25, 0.3) is 0 Å². The van der Waals surface area contributed by atoms with Gasteiger partial charge in [0, 0.05) is 17.9 Å². The number of aromatic nitrogens is 1. The first-order valence-electron chi connectivity index (χ1n) is 8.45. The van der Waals surface area contributed by atoms with Gasteiger partial charge in [-0.2, -0.15) is 0 Å². The first-order chi connectivity index (χ1) is 11.6. The summed E-state index contributed by atoms with van der Waals surface area (Å²) in [5.74, 6) is 0.877. The van der Waals surface area contributed by atoms with Gasteiger partial charge < -0.3 is 20.4 Å². The Morgan fingerprint density at radius 3 is 3.00 bits per heavy atom. The maximum Gasteiger partial charge on any atom is 0.248 e. The molecule has 3 N–H and O–H groups in total. The molecule has 2 aliphatic heterocycles. The summed E-state index contributed by atoms with van der Waals surface area (Å²) in [5, 5.41) is 7.11. The molecule has 4 rings (SSSR count). The van der Waals surface area contributed by atoms with Gasteiger partial charge in [0.1, 0.15) is 11.9 Å². The second-order valence-corrected chi connectivity index (χ2v) is 6.63. The van der Waals surface area contributed by atoms with Crippen LogP contribution < -0.4 is 20.9 Å². The third-order valence-electron chi connectivity index (χ3n) is 4.85. The topological polar surface area (TPSA) is 83.2 Å². The second kappa shape index (κ2) is 7.06. The molecule has 3 heterocycles. The normalized spacial score (nSPS) is 21.5. The van der Waals surface area contributed by atoms with E-state index in [0.717, 1.165) is 53.6 Å². The fraction of sp³-hybridized carbons (Fsp3) is 0.444. The van der Waals surface area contributed by atoms with Crippen molar-refractivity contribution in [2.75, 3.05) is 13.1 Å². The lowest BCUT2D eigenvalue weighted by molar-refractivity contribution is -0.123. The van der Waals surface area contributed by atoms with E-state index in [-0.39, 0.29) is 36.0 Å². The third-order valence-corrected chi connectivity index (χ3v) is 4.85. The molecular weight excluding hydrogens is 342 g/mol. The molecular formula is C18H22ClN3O3. The van der Waals surface area contributed by atoms with Crippen LogP contribution in [0.25, 0.3) is 10.9 Å². The summed E-state index contributed by atoms with van der Waals surface area (Å²) < 4.78 is 6.07. The Balaban J connectivity index is 0.00000182. The molecule has 1 aromatic heterocycles. The van der Waals surface area contributed by atoms with E-state index in [4.69, 9.17) is 4.74 Å². The van der Waals surface area contributed by atoms with Crippen LogP contribution in [0.2, 0.25) is 0 Å². The number of hydrogen-bond acceptors (Lipinski definition) is 4. The highest BCUT2D eigenvalue weighted by molar-refractivity contribution is 5.89. The molecule has 0 saturated carbocycles. The summed E-state index contributed by atoms with van der Waals surface area (Å²) in [6.45, 7) is 3.39. The van der Waals surface area contributed by atoms with Crippen LogP contribution in [-0.4, -0.2) is 36.1 Å². The molecule has 2 aliphatic rings. The van der Waals surface area contributed by atoms with Gasteiger partial charge in [-0.3, -0.25) is 9.59 Å². The van der Waals surface area contributed by atoms with E-state index >= 15 is 0 Å². The number of benzene rings is 1. The third kappa shape index (κ3) is 3.37. The predicted molar refractivity (Wildman–Crippen MR) is 98.7 cm³/mol. The smallest absolute Gasteiger partial charge is 0.248 e. The van der Waals surface area contributed by atoms with Crippen LogP contribution in [0.15, 0.2) is 23.0 Å². The largest absolute Gasteiger partial charge is 0.487 e. The lowest BCUT2D eigenvalue weighted by Gasteiger charge is -2.15. The molecule has 2 atom stereocenters. The van der Waals surface area contributed by atoms with Crippen molar-refractivity contribution in [2.45, 2.75) is 38.3 Å². The number of rotatable bonds is 3. The first-order valence-corrected chi connectivity index (χ1v) is 8.45. The van der Waals surface area contributed by atoms with E-state index < -0.39 is 0 Å². The maximum absolute atomic E-state index is 12.1. The van der Waals surface area contributed by atoms with E-state index in [1.165, 1.54) is 6.07 Å². The molecule has 2 aromatic rings. The molecule has 0 bridgehead atoms. The number of aromatic amines is 1. The van der Waals surface area contributed by atoms with Crippen molar-refractivity contribution in [3.05, 3.63) is 39.7 Å². The van der Waals surface area contributed by atoms with Crippen LogP contribution in [0.1, 0.15) is 24.0 Å². The Bertz CT molecular complexity index is 859. The molecule has 1 amide bonds. The van der Waals surface area contributed by atoms with Crippen molar-refractivity contribution in [1.82, 2.24) is 15.6 Å². The fourth-order valence-corrected chi connectivity index (χ4v) is 3.65. The highest BCUT2D eigenvalue weighted by Crippen LogP contribution is 2.36. The minimum absolute atomic E-state index is 0. The second-order valence-electron chi connectivity index (χ2n) is 6.63. The highest BCUT2D eigenvalue weighted by atomic mass is 35.5. The van der Waals surface area contributed by atoms with Crippen LogP contribution in [0.3, 0.4) is 0 Å². The number of carbonyl (C=O) groups is 1. The molecule has 1 unspecified atom stereocenters. The number of halogens is 1. The summed E-state index contributed by atoms with van der Waals surface area (Å²) in [6.07, 6.45) is 2.65. The molecule has 25 heavy (non-hydrogen) atoms. The standard InChI is InChI=1S/C18H21N3O3.ClH/c1-10-7-11-8-12(9-20-18(23)14-3-2-6-19-14)24-17(11)13-4-5-15(22)21-16(10)13;/h4-5,7,12,14,19H,2-3,6,8-9H2,1H3,(H,20,23)(H,21,22);1H/t12?,14-;/m0./s1. The molecule has 134 valence electrons. The van der Waals surface area contributed by atoms with E-state index in [2.05, 4.69) is 21.7 Å². The number of H-pyrrole nitrogens is 1. The van der Waals surface area contributed by atoms with Gasteiger partial charge in [-0.15, -0.1) is 12.4 Å². The lowest BCUT2D eigenvalue weighted by Crippen LogP contribution is -2.44. The minimum atomic E-state index is -0.114. The van der Waals surface area contributed by atoms with E-state index in [9.17, 15) is 9.59 Å². The molecule has 1 fully saturated rings. The average Bonchev–Trinajstić information content (AvgIpc) is 3.22. The summed E-state index contributed by atoms with van der Waals surface area (Å²) in [4.78, 5) is 26.5. The molecule has 0 radical (unpaired) electrons. The van der Waals surface area contributed by atoms with Gasteiger partial charge in [-0.1, -0.05) is 6.07 Å². The quantitative estimate of drug-likeness (QED) is 0.770. The Hall–Kier alpha value is -2.05. The van der Waals surface area contributed by atoms with Crippen LogP contribution in [0, 0.1) is 6.92 Å². The number of carbonyl (C=O) groups excluding carboxylic acids is 1. The van der Waals surface area contributed by atoms with Crippen molar-refractivity contribution in [1.29, 1.82) is 0 Å². The zero-order chi connectivity index (χ0) is 16.7. The number of fused-ring (bicyclic) bond motifs is 3. The first kappa shape index (κ1) is 17.8. The van der Waals surface area contributed by atoms with Gasteiger partial charge in [0.2, 0.25) is 11.5 Å². The van der Waals surface area contributed by atoms with Crippen molar-refractivity contribution >= 4 is 29.2 Å². The fourth-order valence-electron chi connectivity index (χ4n) is 3.65. The van der Waals surface area contributed by atoms with Gasteiger partial charge in [-0.25, -0.2) is 0 Å². The van der Waals surface area contributed by atoms with E-state index in [0.29, 0.717) is 6.54 Å². The van der Waals surface area contributed by atoms with E-state index in [1.807, 2.05) is 13.0 Å². The summed E-state index contributed by atoms with van der Waals surface area (Å²) in [7, 11) is 0. The lowest BCUT2D eigenvalue weighted by atomic mass is 10.0. The maximum atomic E-state index is 12.1. The molecule has 1 aromatic carbocycles. The van der Waals surface area contributed by atoms with Crippen molar-refractivity contribution < 1.29 is 9.53 Å². The monoisotopic (exact) mass is 363 g/mol. The predicted octanol–water partition coefficient (Wildman–Crippen LogP) is 1.43. The molecule has 6 nitrogen and oxygen atoms in total. The van der Waals surface area contributed by atoms with Gasteiger partial charge in [0.15, 0.2) is 0 Å². The minimum Gasteiger partial charge on any atom is -0.487 e. The molecule has 0 spiro atoms.